The molecule has 0 aliphatic carbocycles. The molecule has 2 heterocycles. The van der Waals surface area contributed by atoms with Gasteiger partial charge >= 0.3 is 13.8 Å². The maximum atomic E-state index is 14.1. The Labute approximate surface area is 275 Å². The number of aliphatic hydroxyl groups is 1. The van der Waals surface area contributed by atoms with Crippen molar-refractivity contribution in [2.45, 2.75) is 39.2 Å². The molecule has 48 heavy (non-hydrogen) atoms. The van der Waals surface area contributed by atoms with E-state index in [9.17, 15) is 22.5 Å². The topological polar surface area (TPSA) is 162 Å². The van der Waals surface area contributed by atoms with Gasteiger partial charge in [-0.2, -0.15) is 23.3 Å². The smallest absolute Gasteiger partial charge is 0.421 e. The number of nitrogens with one attached hydrogen (secondary N) is 3. The first-order valence-electron chi connectivity index (χ1n) is 15.0. The van der Waals surface area contributed by atoms with E-state index in [-0.39, 0.29) is 48.9 Å². The highest BCUT2D eigenvalue weighted by atomic mass is 31.2. The third-order valence-electron chi connectivity index (χ3n) is 6.89. The molecular formula is C31H37F3N7O6P. The number of rotatable bonds is 16. The molecule has 0 spiro atoms. The van der Waals surface area contributed by atoms with Gasteiger partial charge in [0.1, 0.15) is 17.1 Å². The number of carbonyl (C=O) groups is 1. The molecule has 4 aromatic rings. The fourth-order valence-electron chi connectivity index (χ4n) is 4.70. The van der Waals surface area contributed by atoms with Crippen molar-refractivity contribution in [2.75, 3.05) is 44.6 Å². The Morgan fingerprint density at radius 2 is 1.75 bits per heavy atom. The molecular weight excluding hydrogens is 654 g/mol. The average molecular weight is 692 g/mol. The van der Waals surface area contributed by atoms with Crippen LogP contribution in [0.2, 0.25) is 0 Å². The number of nitrogens with zero attached hydrogens (tertiary/aromatic N) is 4. The molecule has 17 heteroatoms. The van der Waals surface area contributed by atoms with E-state index < -0.39 is 31.1 Å². The van der Waals surface area contributed by atoms with Crippen LogP contribution in [0.3, 0.4) is 0 Å². The van der Waals surface area contributed by atoms with Crippen LogP contribution in [-0.4, -0.2) is 64.7 Å². The number of methoxy groups -OCH3 is 1. The molecule has 0 unspecified atom stereocenters. The Morgan fingerprint density at radius 1 is 1.02 bits per heavy atom. The van der Waals surface area contributed by atoms with Gasteiger partial charge in [0.05, 0.1) is 49.6 Å². The summed E-state index contributed by atoms with van der Waals surface area (Å²) in [5, 5.41) is 21.4. The summed E-state index contributed by atoms with van der Waals surface area (Å²) < 4.78 is 73.2. The van der Waals surface area contributed by atoms with Gasteiger partial charge in [0.25, 0.3) is 5.91 Å². The minimum absolute atomic E-state index is 0.00441. The van der Waals surface area contributed by atoms with Crippen LogP contribution in [0.5, 0.6) is 5.75 Å². The monoisotopic (exact) mass is 691 g/mol. The van der Waals surface area contributed by atoms with E-state index in [1.54, 1.807) is 55.2 Å². The van der Waals surface area contributed by atoms with Crippen molar-refractivity contribution in [3.63, 3.8) is 0 Å². The second-order valence-corrected chi connectivity index (χ2v) is 12.3. The first kappa shape index (κ1) is 36.3. The van der Waals surface area contributed by atoms with Crippen LogP contribution < -0.4 is 20.7 Å². The van der Waals surface area contributed by atoms with Gasteiger partial charge in [-0.05, 0) is 55.7 Å². The van der Waals surface area contributed by atoms with Crippen molar-refractivity contribution in [3.05, 3.63) is 71.7 Å². The summed E-state index contributed by atoms with van der Waals surface area (Å²) in [7, 11) is -0.599. The van der Waals surface area contributed by atoms with Crippen LogP contribution in [0.15, 0.2) is 55.0 Å². The van der Waals surface area contributed by atoms with E-state index in [4.69, 9.17) is 18.9 Å². The number of alkyl halides is 3. The highest BCUT2D eigenvalue weighted by molar-refractivity contribution is 7.53. The van der Waals surface area contributed by atoms with Crippen LogP contribution in [0.4, 0.5) is 36.3 Å². The number of amides is 1. The molecule has 0 saturated carbocycles. The Hall–Kier alpha value is -4.50. The highest BCUT2D eigenvalue weighted by Crippen LogP contribution is 2.51. The zero-order chi connectivity index (χ0) is 34.9. The summed E-state index contributed by atoms with van der Waals surface area (Å²) >= 11 is 0. The second-order valence-electron chi connectivity index (χ2n) is 10.3. The van der Waals surface area contributed by atoms with Crippen molar-refractivity contribution >= 4 is 36.6 Å². The van der Waals surface area contributed by atoms with Gasteiger partial charge in [0.15, 0.2) is 0 Å². The Kier molecular flexibility index (Phi) is 12.2. The third kappa shape index (κ3) is 9.10. The molecule has 0 fully saturated rings. The van der Waals surface area contributed by atoms with Crippen molar-refractivity contribution in [1.29, 1.82) is 0 Å². The van der Waals surface area contributed by atoms with Crippen molar-refractivity contribution < 1.29 is 41.4 Å². The molecule has 0 aliphatic heterocycles. The molecule has 2 aromatic carbocycles. The molecule has 2 aromatic heterocycles. The number of hydrogen-bond acceptors (Lipinski definition) is 11. The van der Waals surface area contributed by atoms with Gasteiger partial charge in [-0.1, -0.05) is 12.1 Å². The predicted octanol–water partition coefficient (Wildman–Crippen LogP) is 6.36. The number of benzene rings is 2. The highest BCUT2D eigenvalue weighted by Gasteiger charge is 2.36. The van der Waals surface area contributed by atoms with Gasteiger partial charge in [-0.25, -0.2) is 4.98 Å². The van der Waals surface area contributed by atoms with E-state index in [2.05, 4.69) is 31.0 Å². The Balaban J connectivity index is 1.66. The fourth-order valence-corrected chi connectivity index (χ4v) is 6.39. The number of aromatic nitrogens is 4. The number of halogens is 3. The van der Waals surface area contributed by atoms with Crippen LogP contribution in [-0.2, 0) is 32.5 Å². The summed E-state index contributed by atoms with van der Waals surface area (Å²) in [6.07, 6.45) is -0.370. The number of aliphatic hydroxyl groups excluding tert-OH is 1. The van der Waals surface area contributed by atoms with Crippen LogP contribution in [0.25, 0.3) is 11.1 Å². The average Bonchev–Trinajstić information content (AvgIpc) is 3.53. The molecule has 258 valence electrons. The number of hydrogen-bond donors (Lipinski definition) is 4. The van der Waals surface area contributed by atoms with Gasteiger partial charge in [0.2, 0.25) is 5.95 Å². The summed E-state index contributed by atoms with van der Waals surface area (Å²) in [6.45, 7) is 4.30. The van der Waals surface area contributed by atoms with E-state index in [1.165, 1.54) is 26.3 Å². The minimum Gasteiger partial charge on any atom is -0.495 e. The van der Waals surface area contributed by atoms with Gasteiger partial charge in [0, 0.05) is 38.2 Å². The van der Waals surface area contributed by atoms with Crippen LogP contribution >= 0.6 is 7.60 Å². The first-order valence-corrected chi connectivity index (χ1v) is 16.7. The van der Waals surface area contributed by atoms with E-state index in [0.29, 0.717) is 41.5 Å². The minimum atomic E-state index is -4.83. The first-order chi connectivity index (χ1) is 22.9. The summed E-state index contributed by atoms with van der Waals surface area (Å²) in [5.74, 6) is -1.06. The molecule has 0 aliphatic rings. The lowest BCUT2D eigenvalue weighted by atomic mass is 10.0. The summed E-state index contributed by atoms with van der Waals surface area (Å²) in [5.41, 5.74) is 1.15. The number of aryl methyl sites for hydroxylation is 1. The van der Waals surface area contributed by atoms with Gasteiger partial charge < -0.3 is 34.8 Å². The standard InChI is InChI=1S/C31H37F3N7O6P/c1-5-46-48(44,47-6-2)19-20-8-10-26(27(14-20)45-4)39-30-36-17-24(31(32,33)34)28(40-30)38-25-11-9-21(15-23(25)29(43)35-3)22-16-37-41(18-22)12-7-13-42/h8-11,14-18,42H,5-7,12-13,19H2,1-4H3,(H,35,43)(H2,36,38,39,40). The van der Waals surface area contributed by atoms with E-state index in [0.717, 1.165) is 0 Å². The van der Waals surface area contributed by atoms with Crippen molar-refractivity contribution in [1.82, 2.24) is 25.1 Å². The number of anilines is 4. The second kappa shape index (κ2) is 16.1. The van der Waals surface area contributed by atoms with Gasteiger partial charge in [-0.3, -0.25) is 14.0 Å². The zero-order valence-electron chi connectivity index (χ0n) is 26.8. The lowest BCUT2D eigenvalue weighted by molar-refractivity contribution is -0.137. The molecule has 13 nitrogen and oxygen atoms in total. The zero-order valence-corrected chi connectivity index (χ0v) is 27.7. The molecule has 0 bridgehead atoms. The lowest BCUT2D eigenvalue weighted by Crippen LogP contribution is -2.20. The van der Waals surface area contributed by atoms with Crippen LogP contribution in [0, 0.1) is 0 Å². The van der Waals surface area contributed by atoms with Crippen molar-refractivity contribution in [3.8, 4) is 16.9 Å². The fraction of sp³-hybridized carbons (Fsp3) is 0.355. The largest absolute Gasteiger partial charge is 0.495 e. The number of carbonyl (C=O) groups excluding carboxylic acids is 1. The SMILES string of the molecule is CCOP(=O)(Cc1ccc(Nc2ncc(C(F)(F)F)c(Nc3ccc(-c4cnn(CCCO)c4)cc3C(=O)NC)n2)c(OC)c1)OCC. The molecule has 4 rings (SSSR count). The molecule has 0 saturated heterocycles. The van der Waals surface area contributed by atoms with E-state index in [1.807, 2.05) is 0 Å². The Morgan fingerprint density at radius 3 is 2.40 bits per heavy atom. The van der Waals surface area contributed by atoms with Crippen molar-refractivity contribution in [2.24, 2.45) is 0 Å². The normalized spacial score (nSPS) is 11.8. The molecule has 0 atom stereocenters. The predicted molar refractivity (Wildman–Crippen MR) is 174 cm³/mol. The molecule has 1 amide bonds. The van der Waals surface area contributed by atoms with Crippen LogP contribution in [0.1, 0.15) is 41.8 Å². The Bertz CT molecular complexity index is 1760. The maximum Gasteiger partial charge on any atom is 0.421 e. The summed E-state index contributed by atoms with van der Waals surface area (Å²) in [6, 6.07) is 9.48. The third-order valence-corrected chi connectivity index (χ3v) is 8.95. The quantitative estimate of drug-likeness (QED) is 0.0968. The maximum absolute atomic E-state index is 14.1. The molecule has 0 radical (unpaired) electrons. The molecule has 4 N–H and O–H groups in total. The van der Waals surface area contributed by atoms with Gasteiger partial charge in [-0.15, -0.1) is 0 Å². The lowest BCUT2D eigenvalue weighted by Gasteiger charge is -2.19. The summed E-state index contributed by atoms with van der Waals surface area (Å²) in [4.78, 5) is 20.9. The number of ether oxygens (including phenoxy) is 1. The van der Waals surface area contributed by atoms with E-state index >= 15 is 0 Å².